The van der Waals surface area contributed by atoms with Crippen molar-refractivity contribution in [3.63, 3.8) is 0 Å². The molecule has 1 fully saturated rings. The monoisotopic (exact) mass is 922 g/mol. The smallest absolute Gasteiger partial charge is 0.394 e. The zero-order chi connectivity index (χ0) is 46.2. The number of unbranched alkanes of at least 4 members (excludes halogenated alkanes) is 34. The number of hydrogen-bond acceptors (Lipinski definition) is 10. The van der Waals surface area contributed by atoms with Gasteiger partial charge in [-0.25, -0.2) is 4.18 Å². The Hall–Kier alpha value is -0.900. The molecule has 0 spiro atoms. The summed E-state index contributed by atoms with van der Waals surface area (Å²) in [6.45, 7) is 3.44. The molecule has 0 bridgehead atoms. The molecule has 376 valence electrons. The van der Waals surface area contributed by atoms with Crippen molar-refractivity contribution < 1.29 is 51.8 Å². The minimum Gasteiger partial charge on any atom is -0.394 e. The zero-order valence-corrected chi connectivity index (χ0v) is 41.2. The fraction of sp³-hybridized carbons (Fsp3) is 0.980. The molecule has 13 heteroatoms. The minimum absolute atomic E-state index is 0.226. The molecule has 0 saturated carbocycles. The van der Waals surface area contributed by atoms with Gasteiger partial charge in [0.1, 0.15) is 24.4 Å². The Morgan fingerprint density at radius 3 is 1.27 bits per heavy atom. The van der Waals surface area contributed by atoms with Crippen LogP contribution >= 0.6 is 0 Å². The van der Waals surface area contributed by atoms with Gasteiger partial charge in [-0.3, -0.25) is 9.35 Å². The molecule has 7 unspecified atom stereocenters. The number of aliphatic hydroxyl groups excluding tert-OH is 4. The molecule has 0 aromatic heterocycles. The van der Waals surface area contributed by atoms with Crippen molar-refractivity contribution in [1.82, 2.24) is 5.32 Å². The minimum atomic E-state index is -5.07. The highest BCUT2D eigenvalue weighted by Crippen LogP contribution is 2.26. The van der Waals surface area contributed by atoms with Crippen LogP contribution in [0.3, 0.4) is 0 Å². The van der Waals surface area contributed by atoms with E-state index in [2.05, 4.69) is 23.3 Å². The largest absolute Gasteiger partial charge is 0.397 e. The van der Waals surface area contributed by atoms with Gasteiger partial charge < -0.3 is 35.2 Å². The molecule has 0 aromatic carbocycles. The third kappa shape index (κ3) is 34.1. The first kappa shape index (κ1) is 60.1. The van der Waals surface area contributed by atoms with Crippen LogP contribution in [0.4, 0.5) is 0 Å². The van der Waals surface area contributed by atoms with E-state index in [0.717, 1.165) is 51.4 Å². The van der Waals surface area contributed by atoms with Gasteiger partial charge in [0.2, 0.25) is 5.91 Å². The number of rotatable bonds is 46. The molecule has 12 nitrogen and oxygen atoms in total. The Balaban J connectivity index is 2.24. The Kier molecular flexibility index (Phi) is 39.4. The van der Waals surface area contributed by atoms with Gasteiger partial charge >= 0.3 is 10.4 Å². The predicted octanol–water partition coefficient (Wildman–Crippen LogP) is 11.3. The van der Waals surface area contributed by atoms with E-state index >= 15 is 0 Å². The number of hydrogen-bond donors (Lipinski definition) is 6. The van der Waals surface area contributed by atoms with Gasteiger partial charge in [-0.05, 0) is 12.8 Å². The van der Waals surface area contributed by atoms with Gasteiger partial charge in [0.05, 0.1) is 25.4 Å². The van der Waals surface area contributed by atoms with Gasteiger partial charge in [0, 0.05) is 6.42 Å². The molecule has 1 rings (SSSR count). The summed E-state index contributed by atoms with van der Waals surface area (Å²) in [5.74, 6) is -0.226. The molecule has 63 heavy (non-hydrogen) atoms. The summed E-state index contributed by atoms with van der Waals surface area (Å²) in [7, 11) is -5.07. The van der Waals surface area contributed by atoms with Crippen molar-refractivity contribution in [3.8, 4) is 0 Å². The lowest BCUT2D eigenvalue weighted by atomic mass is 9.99. The Labute approximate surface area is 386 Å². The number of aliphatic hydroxyl groups is 4. The second-order valence-electron chi connectivity index (χ2n) is 18.8. The van der Waals surface area contributed by atoms with Gasteiger partial charge in [-0.2, -0.15) is 8.42 Å². The maximum atomic E-state index is 13.0. The molecular weight excluding hydrogens is 823 g/mol. The summed E-state index contributed by atoms with van der Waals surface area (Å²) in [4.78, 5) is 13.0. The molecule has 1 amide bonds. The normalized spacial score (nSPS) is 20.3. The van der Waals surface area contributed by atoms with Gasteiger partial charge in [-0.15, -0.1) is 0 Å². The van der Waals surface area contributed by atoms with Gasteiger partial charge in [-0.1, -0.05) is 239 Å². The van der Waals surface area contributed by atoms with Crippen molar-refractivity contribution in [2.75, 3.05) is 13.2 Å². The van der Waals surface area contributed by atoms with Crippen LogP contribution in [0.5, 0.6) is 0 Å². The van der Waals surface area contributed by atoms with Crippen LogP contribution in [0.2, 0.25) is 0 Å². The third-order valence-corrected chi connectivity index (χ3v) is 13.4. The second-order valence-corrected chi connectivity index (χ2v) is 19.9. The molecule has 7 atom stereocenters. The number of carbonyl (C=O) groups excluding carboxylic acids is 1. The predicted molar refractivity (Wildman–Crippen MR) is 255 cm³/mol. The number of carbonyl (C=O) groups is 1. The standard InChI is InChI=1S/C50H99NO11S/c1-3-5-7-9-11-13-14-15-16-17-18-19-20-21-22-23-24-25-26-27-28-29-30-32-34-36-38-40-46(54)51-43(44(53)39-37-35-33-31-12-10-8-6-4-2)42-60-50-48(56)49(62-63(57,58)59)47(55)45(41-52)61-50/h43-45,47-50,52-53,55-56H,3-42H2,1-2H3,(H,51,54)(H,57,58,59). The Morgan fingerprint density at radius 1 is 0.571 bits per heavy atom. The fourth-order valence-corrected chi connectivity index (χ4v) is 9.32. The molecular formula is C50H99NO11S. The molecule has 1 heterocycles. The average molecular weight is 922 g/mol. The molecule has 0 aliphatic carbocycles. The number of ether oxygens (including phenoxy) is 2. The summed E-state index contributed by atoms with van der Waals surface area (Å²) in [5, 5.41) is 44.8. The van der Waals surface area contributed by atoms with Gasteiger partial charge in [0.15, 0.2) is 6.29 Å². The highest BCUT2D eigenvalue weighted by Gasteiger charge is 2.48. The van der Waals surface area contributed by atoms with Crippen molar-refractivity contribution in [2.24, 2.45) is 0 Å². The Bertz CT molecular complexity index is 1130. The van der Waals surface area contributed by atoms with Crippen LogP contribution in [0.25, 0.3) is 0 Å². The quantitative estimate of drug-likeness (QED) is 0.0251. The van der Waals surface area contributed by atoms with E-state index in [1.54, 1.807) is 0 Å². The van der Waals surface area contributed by atoms with Crippen molar-refractivity contribution in [1.29, 1.82) is 0 Å². The lowest BCUT2D eigenvalue weighted by molar-refractivity contribution is -0.298. The first-order valence-electron chi connectivity index (χ1n) is 26.4. The summed E-state index contributed by atoms with van der Waals surface area (Å²) in [5.41, 5.74) is 0. The fourth-order valence-electron chi connectivity index (χ4n) is 8.81. The van der Waals surface area contributed by atoms with Gasteiger partial charge in [0.25, 0.3) is 0 Å². The van der Waals surface area contributed by atoms with E-state index in [1.807, 2.05) is 0 Å². The van der Waals surface area contributed by atoms with E-state index in [-0.39, 0.29) is 12.5 Å². The van der Waals surface area contributed by atoms with Crippen LogP contribution in [0, 0.1) is 0 Å². The highest BCUT2D eigenvalue weighted by molar-refractivity contribution is 7.80. The zero-order valence-electron chi connectivity index (χ0n) is 40.4. The van der Waals surface area contributed by atoms with Crippen LogP contribution < -0.4 is 5.32 Å². The molecule has 1 aliphatic heterocycles. The molecule has 0 radical (unpaired) electrons. The van der Waals surface area contributed by atoms with Crippen LogP contribution in [0.1, 0.15) is 258 Å². The van der Waals surface area contributed by atoms with Crippen LogP contribution in [-0.4, -0.2) is 95.4 Å². The van der Waals surface area contributed by atoms with E-state index in [4.69, 9.17) is 9.47 Å². The average Bonchev–Trinajstić information content (AvgIpc) is 3.25. The lowest BCUT2D eigenvalue weighted by Crippen LogP contribution is -2.61. The summed E-state index contributed by atoms with van der Waals surface area (Å²) < 4.78 is 47.6. The molecule has 0 aromatic rings. The van der Waals surface area contributed by atoms with E-state index in [0.29, 0.717) is 12.8 Å². The molecule has 6 N–H and O–H groups in total. The lowest BCUT2D eigenvalue weighted by Gasteiger charge is -2.41. The van der Waals surface area contributed by atoms with Crippen LogP contribution in [0.15, 0.2) is 0 Å². The van der Waals surface area contributed by atoms with E-state index in [1.165, 1.54) is 180 Å². The van der Waals surface area contributed by atoms with E-state index < -0.39 is 59.9 Å². The highest BCUT2D eigenvalue weighted by atomic mass is 32.3. The third-order valence-electron chi connectivity index (χ3n) is 12.9. The summed E-state index contributed by atoms with van der Waals surface area (Å²) >= 11 is 0. The maximum absolute atomic E-state index is 13.0. The topological polar surface area (TPSA) is 192 Å². The summed E-state index contributed by atoms with van der Waals surface area (Å²) in [6, 6.07) is -0.850. The van der Waals surface area contributed by atoms with Crippen molar-refractivity contribution in [3.05, 3.63) is 0 Å². The molecule has 1 aliphatic rings. The van der Waals surface area contributed by atoms with Crippen molar-refractivity contribution >= 4 is 16.3 Å². The van der Waals surface area contributed by atoms with E-state index in [9.17, 15) is 38.2 Å². The number of nitrogens with one attached hydrogen (secondary N) is 1. The molecule has 1 saturated heterocycles. The second kappa shape index (κ2) is 41.3. The van der Waals surface area contributed by atoms with Crippen LogP contribution in [-0.2, 0) is 28.9 Å². The first-order chi connectivity index (χ1) is 30.5. The Morgan fingerprint density at radius 2 is 0.921 bits per heavy atom. The SMILES string of the molecule is CCCCCCCCCCCCCCCCCCCCCCCCCCCCCC(=O)NC(COC1OC(CO)C(O)C(OS(=O)(=O)O)C1O)C(O)CCCCCCCCCCC. The summed E-state index contributed by atoms with van der Waals surface area (Å²) in [6.07, 6.45) is 37.1. The first-order valence-corrected chi connectivity index (χ1v) is 27.8. The maximum Gasteiger partial charge on any atom is 0.397 e. The van der Waals surface area contributed by atoms with Crippen molar-refractivity contribution in [2.45, 2.75) is 301 Å². The number of amides is 1.